The van der Waals surface area contributed by atoms with Crippen LogP contribution in [-0.2, 0) is 4.74 Å². The average molecular weight is 275 g/mol. The van der Waals surface area contributed by atoms with Gasteiger partial charge in [-0.2, -0.15) is 0 Å². The fraction of sp³-hybridized carbons (Fsp3) is 1.00. The monoisotopic (exact) mass is 275 g/mol. The lowest BCUT2D eigenvalue weighted by Gasteiger charge is -2.34. The number of ether oxygens (including phenoxy) is 1. The van der Waals surface area contributed by atoms with Gasteiger partial charge >= 0.3 is 0 Å². The molecule has 2 unspecified atom stereocenters. The minimum absolute atomic E-state index is 0.0689. The third-order valence-electron chi connectivity index (χ3n) is 4.62. The van der Waals surface area contributed by atoms with Gasteiger partial charge in [-0.15, -0.1) is 0 Å². The van der Waals surface area contributed by atoms with Gasteiger partial charge in [-0.3, -0.25) is 0 Å². The van der Waals surface area contributed by atoms with E-state index in [0.29, 0.717) is 30.9 Å². The summed E-state index contributed by atoms with van der Waals surface area (Å²) < 4.78 is 32.1. The van der Waals surface area contributed by atoms with Gasteiger partial charge in [0.05, 0.1) is 6.10 Å². The van der Waals surface area contributed by atoms with E-state index in [2.05, 4.69) is 12.2 Å². The molecule has 1 aliphatic heterocycles. The summed E-state index contributed by atoms with van der Waals surface area (Å²) in [4.78, 5) is 0. The molecule has 1 saturated carbocycles. The van der Waals surface area contributed by atoms with E-state index < -0.39 is 5.92 Å². The Balaban J connectivity index is 1.78. The van der Waals surface area contributed by atoms with Gasteiger partial charge < -0.3 is 10.1 Å². The molecular weight excluding hydrogens is 248 g/mol. The second kappa shape index (κ2) is 6.98. The van der Waals surface area contributed by atoms with Crippen molar-refractivity contribution in [2.45, 2.75) is 76.4 Å². The van der Waals surface area contributed by atoms with Gasteiger partial charge in [0.1, 0.15) is 0 Å². The Bertz CT molecular complexity index is 257. The van der Waals surface area contributed by atoms with Crippen molar-refractivity contribution in [3.63, 3.8) is 0 Å². The maximum atomic E-state index is 13.2. The Labute approximate surface area is 115 Å². The predicted octanol–water partition coefficient (Wildman–Crippen LogP) is 3.75. The second-order valence-corrected chi connectivity index (χ2v) is 6.07. The topological polar surface area (TPSA) is 21.3 Å². The minimum atomic E-state index is -2.41. The van der Waals surface area contributed by atoms with Crippen molar-refractivity contribution in [2.75, 3.05) is 13.2 Å². The molecule has 4 heteroatoms. The highest BCUT2D eigenvalue weighted by Crippen LogP contribution is 2.38. The van der Waals surface area contributed by atoms with Crippen LogP contribution < -0.4 is 5.32 Å². The second-order valence-electron chi connectivity index (χ2n) is 6.07. The summed E-state index contributed by atoms with van der Waals surface area (Å²) in [6, 6.07) is 0.394. The summed E-state index contributed by atoms with van der Waals surface area (Å²) in [7, 11) is 0. The van der Waals surface area contributed by atoms with Gasteiger partial charge in [-0.25, -0.2) is 8.78 Å². The van der Waals surface area contributed by atoms with E-state index in [1.165, 1.54) is 12.8 Å². The SMILES string of the molecule is CCNC(CCC1CCCO1)C1CCC(F)(F)CC1. The van der Waals surface area contributed by atoms with Crippen molar-refractivity contribution in [1.82, 2.24) is 5.32 Å². The van der Waals surface area contributed by atoms with E-state index in [0.717, 1.165) is 26.0 Å². The first kappa shape index (κ1) is 15.2. The molecule has 2 atom stereocenters. The molecule has 0 spiro atoms. The molecular formula is C15H27F2NO. The largest absolute Gasteiger partial charge is 0.378 e. The molecule has 1 heterocycles. The molecule has 0 amide bonds. The highest BCUT2D eigenvalue weighted by atomic mass is 19.3. The van der Waals surface area contributed by atoms with E-state index >= 15 is 0 Å². The maximum absolute atomic E-state index is 13.2. The summed E-state index contributed by atoms with van der Waals surface area (Å²) in [5.74, 6) is -2.00. The van der Waals surface area contributed by atoms with E-state index in [4.69, 9.17) is 4.74 Å². The Morgan fingerprint density at radius 3 is 2.58 bits per heavy atom. The molecule has 1 saturated heterocycles. The van der Waals surface area contributed by atoms with Crippen molar-refractivity contribution in [2.24, 2.45) is 5.92 Å². The molecule has 2 rings (SSSR count). The lowest BCUT2D eigenvalue weighted by Crippen LogP contribution is -2.40. The summed E-state index contributed by atoms with van der Waals surface area (Å²) >= 11 is 0. The maximum Gasteiger partial charge on any atom is 0.248 e. The van der Waals surface area contributed by atoms with Crippen molar-refractivity contribution in [3.05, 3.63) is 0 Å². The Morgan fingerprint density at radius 1 is 1.26 bits per heavy atom. The third-order valence-corrected chi connectivity index (χ3v) is 4.62. The number of hydrogen-bond donors (Lipinski definition) is 1. The summed E-state index contributed by atoms with van der Waals surface area (Å²) in [6.45, 7) is 3.91. The summed E-state index contributed by atoms with van der Waals surface area (Å²) in [6.07, 6.45) is 6.35. The zero-order valence-electron chi connectivity index (χ0n) is 12.0. The number of nitrogens with one attached hydrogen (secondary N) is 1. The van der Waals surface area contributed by atoms with Crippen LogP contribution in [0.5, 0.6) is 0 Å². The normalized spacial score (nSPS) is 29.5. The minimum Gasteiger partial charge on any atom is -0.378 e. The number of alkyl halides is 2. The van der Waals surface area contributed by atoms with Crippen molar-refractivity contribution < 1.29 is 13.5 Å². The van der Waals surface area contributed by atoms with Crippen LogP contribution in [0.1, 0.15) is 58.3 Å². The highest BCUT2D eigenvalue weighted by molar-refractivity contribution is 4.85. The molecule has 2 nitrogen and oxygen atoms in total. The van der Waals surface area contributed by atoms with Gasteiger partial charge in [-0.05, 0) is 51.0 Å². The Kier molecular flexibility index (Phi) is 5.58. The smallest absolute Gasteiger partial charge is 0.248 e. The van der Waals surface area contributed by atoms with Crippen LogP contribution in [0.3, 0.4) is 0 Å². The van der Waals surface area contributed by atoms with Crippen molar-refractivity contribution in [3.8, 4) is 0 Å². The van der Waals surface area contributed by atoms with Gasteiger partial charge in [0.25, 0.3) is 0 Å². The van der Waals surface area contributed by atoms with Crippen LogP contribution in [0.2, 0.25) is 0 Å². The zero-order chi connectivity index (χ0) is 13.7. The third kappa shape index (κ3) is 4.67. The molecule has 2 aliphatic rings. The molecule has 1 aliphatic carbocycles. The standard InChI is InChI=1S/C15H27F2NO/c1-2-18-14(6-5-13-4-3-11-19-13)12-7-9-15(16,17)10-8-12/h12-14,18H,2-11H2,1H3. The first-order valence-electron chi connectivity index (χ1n) is 7.83. The predicted molar refractivity (Wildman–Crippen MR) is 72.6 cm³/mol. The number of rotatable bonds is 6. The number of hydrogen-bond acceptors (Lipinski definition) is 2. The van der Waals surface area contributed by atoms with E-state index in [9.17, 15) is 8.78 Å². The van der Waals surface area contributed by atoms with Crippen molar-refractivity contribution in [1.29, 1.82) is 0 Å². The van der Waals surface area contributed by atoms with Crippen LogP contribution >= 0.6 is 0 Å². The summed E-state index contributed by atoms with van der Waals surface area (Å²) in [5.41, 5.74) is 0. The molecule has 0 bridgehead atoms. The Hall–Kier alpha value is -0.220. The van der Waals surface area contributed by atoms with E-state index in [1.54, 1.807) is 0 Å². The van der Waals surface area contributed by atoms with Gasteiger partial charge in [0.15, 0.2) is 0 Å². The van der Waals surface area contributed by atoms with Crippen LogP contribution in [-0.4, -0.2) is 31.2 Å². The molecule has 0 aromatic carbocycles. The van der Waals surface area contributed by atoms with Crippen LogP contribution in [0, 0.1) is 5.92 Å². The van der Waals surface area contributed by atoms with Crippen molar-refractivity contribution >= 4 is 0 Å². The molecule has 0 aromatic rings. The first-order valence-corrected chi connectivity index (χ1v) is 7.83. The molecule has 0 aromatic heterocycles. The lowest BCUT2D eigenvalue weighted by molar-refractivity contribution is -0.0503. The highest BCUT2D eigenvalue weighted by Gasteiger charge is 2.37. The zero-order valence-corrected chi connectivity index (χ0v) is 12.0. The fourth-order valence-corrected chi connectivity index (χ4v) is 3.47. The Morgan fingerprint density at radius 2 is 2.00 bits per heavy atom. The van der Waals surface area contributed by atoms with Crippen LogP contribution in [0.4, 0.5) is 8.78 Å². The van der Waals surface area contributed by atoms with E-state index in [1.807, 2.05) is 0 Å². The van der Waals surface area contributed by atoms with Gasteiger partial charge in [0, 0.05) is 25.5 Å². The average Bonchev–Trinajstić information content (AvgIpc) is 2.88. The van der Waals surface area contributed by atoms with E-state index in [-0.39, 0.29) is 12.8 Å². The quantitative estimate of drug-likeness (QED) is 0.797. The molecule has 1 N–H and O–H groups in total. The van der Waals surface area contributed by atoms with Crippen LogP contribution in [0.25, 0.3) is 0 Å². The van der Waals surface area contributed by atoms with Gasteiger partial charge in [0.2, 0.25) is 5.92 Å². The van der Waals surface area contributed by atoms with Gasteiger partial charge in [-0.1, -0.05) is 6.92 Å². The molecule has 2 fully saturated rings. The molecule has 19 heavy (non-hydrogen) atoms. The number of halogens is 2. The molecule has 112 valence electrons. The fourth-order valence-electron chi connectivity index (χ4n) is 3.47. The lowest BCUT2D eigenvalue weighted by atomic mass is 9.80. The summed E-state index contributed by atoms with van der Waals surface area (Å²) in [5, 5.41) is 3.50. The van der Waals surface area contributed by atoms with Crippen LogP contribution in [0.15, 0.2) is 0 Å². The molecule has 0 radical (unpaired) electrons. The first-order chi connectivity index (χ1) is 9.11.